The Morgan fingerprint density at radius 3 is 1.00 bits per heavy atom. The number of carbonyl (C=O) groups excluding carboxylic acids is 6. The summed E-state index contributed by atoms with van der Waals surface area (Å²) in [6, 6.07) is 30.9. The maximum Gasteiger partial charge on any atom is 0.413 e. The monoisotopic (exact) mass is 770 g/mol. The van der Waals surface area contributed by atoms with Crippen LogP contribution in [0.1, 0.15) is 25.7 Å². The average molecular weight is 771 g/mol. The molecule has 2 atom stereocenters. The molecule has 4 amide bonds. The Hall–Kier alpha value is -7.10. The normalized spacial score (nSPS) is 11.4. The number of esters is 2. The van der Waals surface area contributed by atoms with Gasteiger partial charge < -0.3 is 49.7 Å². The van der Waals surface area contributed by atoms with E-state index >= 15 is 0 Å². The Morgan fingerprint density at radius 1 is 0.411 bits per heavy atom. The van der Waals surface area contributed by atoms with E-state index in [1.165, 1.54) is 0 Å². The van der Waals surface area contributed by atoms with Crippen molar-refractivity contribution in [3.63, 3.8) is 0 Å². The van der Waals surface area contributed by atoms with E-state index in [9.17, 15) is 28.8 Å². The molecule has 0 fully saturated rings. The minimum Gasteiger partial charge on any atom is -0.461 e. The Balaban J connectivity index is 1.26. The van der Waals surface area contributed by atoms with Crippen LogP contribution in [-0.4, -0.2) is 74.7 Å². The summed E-state index contributed by atoms with van der Waals surface area (Å²) in [5.74, 6) is -0.518. The van der Waals surface area contributed by atoms with Gasteiger partial charge in [0.1, 0.15) is 48.3 Å². The van der Waals surface area contributed by atoms with Crippen molar-refractivity contribution >= 4 is 36.3 Å². The molecule has 0 saturated carbocycles. The molecular weight excluding hydrogens is 728 g/mol. The highest BCUT2D eigenvalue weighted by atomic mass is 16.6. The number of hydrogen-bond acceptors (Lipinski definition) is 12. The molecule has 4 rings (SSSR count). The molecule has 294 valence electrons. The highest BCUT2D eigenvalue weighted by molar-refractivity contribution is 5.83. The van der Waals surface area contributed by atoms with Crippen LogP contribution in [0.5, 0.6) is 23.0 Å². The van der Waals surface area contributed by atoms with E-state index in [0.717, 1.165) is 0 Å². The van der Waals surface area contributed by atoms with Gasteiger partial charge in [0.05, 0.1) is 0 Å². The Morgan fingerprint density at radius 2 is 0.696 bits per heavy atom. The van der Waals surface area contributed by atoms with Gasteiger partial charge in [0.25, 0.3) is 0 Å². The summed E-state index contributed by atoms with van der Waals surface area (Å²) in [5.41, 5.74) is 0. The minimum atomic E-state index is -1.20. The SMILES string of the molecule is O=C(NCCCC(NC(=O)Oc1ccccc1)C(=O)OCCOC(=O)C(CCCNC(=O)Oc1ccccc1)NC(=O)Oc1ccccc1)Oc1ccccc1. The summed E-state index contributed by atoms with van der Waals surface area (Å²) >= 11 is 0. The van der Waals surface area contributed by atoms with Gasteiger partial charge in [-0.3, -0.25) is 0 Å². The predicted molar refractivity (Wildman–Crippen MR) is 200 cm³/mol. The Bertz CT molecular complexity index is 1700. The van der Waals surface area contributed by atoms with Gasteiger partial charge in [0.2, 0.25) is 0 Å². The summed E-state index contributed by atoms with van der Waals surface area (Å²) in [7, 11) is 0. The second-order valence-corrected chi connectivity index (χ2v) is 11.7. The summed E-state index contributed by atoms with van der Waals surface area (Å²) < 4.78 is 31.5. The zero-order valence-electron chi connectivity index (χ0n) is 30.3. The molecule has 0 bridgehead atoms. The number of amides is 4. The molecule has 16 nitrogen and oxygen atoms in total. The number of ether oxygens (including phenoxy) is 6. The standard InChI is InChI=1S/C40H42N4O12/c45-35(33(43-39(49)55-31-19-9-3-10-20-31)23-13-25-41-37(47)53-29-15-5-1-6-16-29)51-27-28-52-36(46)34(44-40(50)56-32-21-11-4-12-22-32)24-14-26-42-38(48)54-30-17-7-2-8-18-30/h1-12,15-22,33-34H,13-14,23-28H2,(H,41,47)(H,42,48)(H,43,49)(H,44,50). The second-order valence-electron chi connectivity index (χ2n) is 11.7. The Kier molecular flexibility index (Phi) is 17.5. The van der Waals surface area contributed by atoms with Crippen LogP contribution in [0, 0.1) is 0 Å². The summed E-state index contributed by atoms with van der Waals surface area (Å²) in [5, 5.41) is 10.1. The van der Waals surface area contributed by atoms with Gasteiger partial charge in [-0.2, -0.15) is 0 Å². The fourth-order valence-electron chi connectivity index (χ4n) is 4.77. The lowest BCUT2D eigenvalue weighted by molar-refractivity contribution is -0.154. The number of nitrogens with one attached hydrogen (secondary N) is 4. The van der Waals surface area contributed by atoms with Crippen LogP contribution in [0.15, 0.2) is 121 Å². The third-order valence-electron chi connectivity index (χ3n) is 7.42. The van der Waals surface area contributed by atoms with Crippen LogP contribution in [0.25, 0.3) is 0 Å². The zero-order valence-corrected chi connectivity index (χ0v) is 30.3. The lowest BCUT2D eigenvalue weighted by Crippen LogP contribution is -2.45. The molecule has 2 unspecified atom stereocenters. The summed E-state index contributed by atoms with van der Waals surface area (Å²) in [6.07, 6.45) is -2.69. The quantitative estimate of drug-likeness (QED) is 0.0687. The maximum atomic E-state index is 13.1. The highest BCUT2D eigenvalue weighted by Gasteiger charge is 2.26. The molecule has 0 saturated heterocycles. The van der Waals surface area contributed by atoms with Crippen LogP contribution in [0.4, 0.5) is 19.2 Å². The van der Waals surface area contributed by atoms with Gasteiger partial charge in [-0.05, 0) is 74.2 Å². The summed E-state index contributed by atoms with van der Waals surface area (Å²) in [4.78, 5) is 75.7. The summed E-state index contributed by atoms with van der Waals surface area (Å²) in [6.45, 7) is -0.584. The number of carbonyl (C=O) groups is 6. The molecule has 56 heavy (non-hydrogen) atoms. The first-order chi connectivity index (χ1) is 27.2. The van der Waals surface area contributed by atoms with Gasteiger partial charge in [0.15, 0.2) is 0 Å². The predicted octanol–water partition coefficient (Wildman–Crippen LogP) is 5.52. The maximum absolute atomic E-state index is 13.1. The van der Waals surface area contributed by atoms with Crippen molar-refractivity contribution in [2.45, 2.75) is 37.8 Å². The zero-order chi connectivity index (χ0) is 39.8. The van der Waals surface area contributed by atoms with Crippen LogP contribution in [-0.2, 0) is 19.1 Å². The molecule has 0 aliphatic carbocycles. The van der Waals surface area contributed by atoms with Crippen molar-refractivity contribution < 1.29 is 57.2 Å². The fraction of sp³-hybridized carbons (Fsp3) is 0.250. The number of para-hydroxylation sites is 4. The van der Waals surface area contributed by atoms with Crippen molar-refractivity contribution in [2.75, 3.05) is 26.3 Å². The molecule has 0 aliphatic rings. The lowest BCUT2D eigenvalue weighted by Gasteiger charge is -2.19. The van der Waals surface area contributed by atoms with E-state index in [1.54, 1.807) is 121 Å². The van der Waals surface area contributed by atoms with E-state index in [2.05, 4.69) is 21.3 Å². The van der Waals surface area contributed by atoms with Crippen LogP contribution < -0.4 is 40.2 Å². The average Bonchev–Trinajstić information content (AvgIpc) is 3.20. The van der Waals surface area contributed by atoms with Gasteiger partial charge in [-0.1, -0.05) is 72.8 Å². The van der Waals surface area contributed by atoms with E-state index in [1.807, 2.05) is 0 Å². The molecule has 4 N–H and O–H groups in total. The minimum absolute atomic E-state index is 0.0383. The lowest BCUT2D eigenvalue weighted by atomic mass is 10.1. The number of hydrogen-bond donors (Lipinski definition) is 4. The molecule has 0 heterocycles. The third kappa shape index (κ3) is 16.3. The van der Waals surface area contributed by atoms with Crippen LogP contribution >= 0.6 is 0 Å². The first-order valence-electron chi connectivity index (χ1n) is 17.7. The van der Waals surface area contributed by atoms with E-state index in [-0.39, 0.29) is 50.3 Å². The second kappa shape index (κ2) is 23.5. The molecular formula is C40H42N4O12. The van der Waals surface area contributed by atoms with Crippen LogP contribution in [0.2, 0.25) is 0 Å². The van der Waals surface area contributed by atoms with Crippen molar-refractivity contribution in [1.82, 2.24) is 21.3 Å². The molecule has 0 aliphatic heterocycles. The van der Waals surface area contributed by atoms with E-state index < -0.39 is 61.6 Å². The third-order valence-corrected chi connectivity index (χ3v) is 7.42. The van der Waals surface area contributed by atoms with Gasteiger partial charge in [-0.15, -0.1) is 0 Å². The molecule has 0 aromatic heterocycles. The smallest absolute Gasteiger partial charge is 0.413 e. The Labute approximate surface area is 322 Å². The molecule has 0 radical (unpaired) electrons. The van der Waals surface area contributed by atoms with Crippen molar-refractivity contribution in [1.29, 1.82) is 0 Å². The molecule has 16 heteroatoms. The van der Waals surface area contributed by atoms with Crippen molar-refractivity contribution in [3.05, 3.63) is 121 Å². The first-order valence-corrected chi connectivity index (χ1v) is 17.7. The van der Waals surface area contributed by atoms with Gasteiger partial charge >= 0.3 is 36.3 Å². The molecule has 4 aromatic carbocycles. The number of rotatable bonds is 19. The van der Waals surface area contributed by atoms with E-state index in [0.29, 0.717) is 11.5 Å². The van der Waals surface area contributed by atoms with Crippen LogP contribution in [0.3, 0.4) is 0 Å². The van der Waals surface area contributed by atoms with Crippen molar-refractivity contribution in [2.24, 2.45) is 0 Å². The molecule has 4 aromatic rings. The van der Waals surface area contributed by atoms with Gasteiger partial charge in [-0.25, -0.2) is 28.8 Å². The topological polar surface area (TPSA) is 206 Å². The number of benzene rings is 4. The first kappa shape index (κ1) is 41.7. The highest BCUT2D eigenvalue weighted by Crippen LogP contribution is 2.12. The van der Waals surface area contributed by atoms with Crippen molar-refractivity contribution in [3.8, 4) is 23.0 Å². The largest absolute Gasteiger partial charge is 0.461 e. The van der Waals surface area contributed by atoms with E-state index in [4.69, 9.17) is 28.4 Å². The molecule has 0 spiro atoms. The fourth-order valence-corrected chi connectivity index (χ4v) is 4.77. The van der Waals surface area contributed by atoms with Gasteiger partial charge in [0, 0.05) is 13.1 Å².